The Morgan fingerprint density at radius 3 is 3.25 bits per heavy atom. The van der Waals surface area contributed by atoms with Crippen LogP contribution in [0.1, 0.15) is 13.3 Å². The molecular weight excluding hydrogens is 204 g/mol. The SMILES string of the molecule is CC(CCN)CNc1nccn2cnnc12. The lowest BCUT2D eigenvalue weighted by molar-refractivity contribution is 0.567. The van der Waals surface area contributed by atoms with Gasteiger partial charge in [-0.2, -0.15) is 0 Å². The van der Waals surface area contributed by atoms with Gasteiger partial charge < -0.3 is 11.1 Å². The highest BCUT2D eigenvalue weighted by atomic mass is 15.2. The fraction of sp³-hybridized carbons (Fsp3) is 0.500. The van der Waals surface area contributed by atoms with Crippen molar-refractivity contribution in [2.45, 2.75) is 13.3 Å². The molecule has 2 rings (SSSR count). The Bertz CT molecular complexity index is 451. The first-order valence-corrected chi connectivity index (χ1v) is 5.39. The lowest BCUT2D eigenvalue weighted by atomic mass is 10.1. The normalized spacial score (nSPS) is 12.9. The molecule has 1 atom stereocenters. The fourth-order valence-corrected chi connectivity index (χ4v) is 1.54. The Morgan fingerprint density at radius 1 is 1.56 bits per heavy atom. The van der Waals surface area contributed by atoms with E-state index < -0.39 is 0 Å². The zero-order valence-corrected chi connectivity index (χ0v) is 9.30. The monoisotopic (exact) mass is 220 g/mol. The summed E-state index contributed by atoms with van der Waals surface area (Å²) < 4.78 is 1.84. The molecule has 2 aromatic heterocycles. The van der Waals surface area contributed by atoms with Crippen LogP contribution < -0.4 is 11.1 Å². The van der Waals surface area contributed by atoms with E-state index in [4.69, 9.17) is 5.73 Å². The molecule has 0 aromatic carbocycles. The zero-order valence-electron chi connectivity index (χ0n) is 9.30. The maximum atomic E-state index is 5.50. The van der Waals surface area contributed by atoms with Crippen LogP contribution in [0, 0.1) is 5.92 Å². The standard InChI is InChI=1S/C10H16N6/c1-8(2-3-11)6-13-9-10-15-14-7-16(10)5-4-12-9/h4-5,7-8H,2-3,6,11H2,1H3,(H,12,13). The lowest BCUT2D eigenvalue weighted by Gasteiger charge is -2.11. The largest absolute Gasteiger partial charge is 0.367 e. The summed E-state index contributed by atoms with van der Waals surface area (Å²) in [5, 5.41) is 11.1. The number of hydrogen-bond acceptors (Lipinski definition) is 5. The van der Waals surface area contributed by atoms with Crippen molar-refractivity contribution in [3.8, 4) is 0 Å². The van der Waals surface area contributed by atoms with Gasteiger partial charge >= 0.3 is 0 Å². The van der Waals surface area contributed by atoms with Crippen molar-refractivity contribution in [3.05, 3.63) is 18.7 Å². The van der Waals surface area contributed by atoms with Crippen molar-refractivity contribution in [1.29, 1.82) is 0 Å². The van der Waals surface area contributed by atoms with Gasteiger partial charge in [-0.25, -0.2) is 4.98 Å². The van der Waals surface area contributed by atoms with Crippen LogP contribution in [0.3, 0.4) is 0 Å². The Kier molecular flexibility index (Phi) is 3.31. The van der Waals surface area contributed by atoms with Crippen molar-refractivity contribution in [1.82, 2.24) is 19.6 Å². The fourth-order valence-electron chi connectivity index (χ4n) is 1.54. The first-order chi connectivity index (χ1) is 7.81. The van der Waals surface area contributed by atoms with Gasteiger partial charge in [0.05, 0.1) is 0 Å². The Balaban J connectivity index is 2.06. The average molecular weight is 220 g/mol. The summed E-state index contributed by atoms with van der Waals surface area (Å²) in [5.74, 6) is 1.29. The number of anilines is 1. The van der Waals surface area contributed by atoms with Gasteiger partial charge in [0.2, 0.25) is 5.65 Å². The van der Waals surface area contributed by atoms with Gasteiger partial charge in [0, 0.05) is 18.9 Å². The first kappa shape index (κ1) is 10.8. The van der Waals surface area contributed by atoms with Crippen LogP contribution in [0.5, 0.6) is 0 Å². The quantitative estimate of drug-likeness (QED) is 0.767. The molecule has 2 heterocycles. The zero-order chi connectivity index (χ0) is 11.4. The van der Waals surface area contributed by atoms with E-state index in [1.165, 1.54) is 0 Å². The van der Waals surface area contributed by atoms with E-state index in [2.05, 4.69) is 27.4 Å². The topological polar surface area (TPSA) is 81.1 Å². The molecule has 0 amide bonds. The highest BCUT2D eigenvalue weighted by Crippen LogP contribution is 2.10. The minimum Gasteiger partial charge on any atom is -0.367 e. The van der Waals surface area contributed by atoms with E-state index in [1.54, 1.807) is 12.5 Å². The van der Waals surface area contributed by atoms with Crippen molar-refractivity contribution < 1.29 is 0 Å². The molecule has 86 valence electrons. The Hall–Kier alpha value is -1.69. The number of nitrogens with zero attached hydrogens (tertiary/aromatic N) is 4. The second kappa shape index (κ2) is 4.89. The van der Waals surface area contributed by atoms with Gasteiger partial charge in [-0.3, -0.25) is 4.40 Å². The Labute approximate surface area is 93.9 Å². The number of fused-ring (bicyclic) bond motifs is 1. The second-order valence-electron chi connectivity index (χ2n) is 3.90. The van der Waals surface area contributed by atoms with E-state index >= 15 is 0 Å². The van der Waals surface area contributed by atoms with Gasteiger partial charge in [0.15, 0.2) is 5.82 Å². The predicted molar refractivity (Wildman–Crippen MR) is 62.1 cm³/mol. The average Bonchev–Trinajstić information content (AvgIpc) is 2.75. The number of nitrogens with one attached hydrogen (secondary N) is 1. The molecule has 0 spiro atoms. The summed E-state index contributed by atoms with van der Waals surface area (Å²) in [4.78, 5) is 4.25. The van der Waals surface area contributed by atoms with Crippen LogP contribution in [0.4, 0.5) is 5.82 Å². The van der Waals surface area contributed by atoms with Crippen LogP contribution in [-0.2, 0) is 0 Å². The molecular formula is C10H16N6. The summed E-state index contributed by atoms with van der Waals surface area (Å²) >= 11 is 0. The molecule has 6 nitrogen and oxygen atoms in total. The van der Waals surface area contributed by atoms with Crippen molar-refractivity contribution in [2.24, 2.45) is 11.7 Å². The summed E-state index contributed by atoms with van der Waals surface area (Å²) in [6, 6.07) is 0. The van der Waals surface area contributed by atoms with Crippen LogP contribution in [0.15, 0.2) is 18.7 Å². The first-order valence-electron chi connectivity index (χ1n) is 5.39. The number of rotatable bonds is 5. The van der Waals surface area contributed by atoms with Gasteiger partial charge in [-0.15, -0.1) is 10.2 Å². The minimum absolute atomic E-state index is 0.523. The molecule has 16 heavy (non-hydrogen) atoms. The molecule has 0 aliphatic heterocycles. The molecule has 0 aliphatic rings. The summed E-state index contributed by atoms with van der Waals surface area (Å²) in [5.41, 5.74) is 6.25. The van der Waals surface area contributed by atoms with Gasteiger partial charge in [0.1, 0.15) is 6.33 Å². The molecule has 0 radical (unpaired) electrons. The smallest absolute Gasteiger partial charge is 0.203 e. The third-order valence-electron chi connectivity index (χ3n) is 2.49. The molecule has 0 aliphatic carbocycles. The lowest BCUT2D eigenvalue weighted by Crippen LogP contribution is -2.16. The minimum atomic E-state index is 0.523. The predicted octanol–water partition coefficient (Wildman–Crippen LogP) is 0.521. The summed E-state index contributed by atoms with van der Waals surface area (Å²) in [6.07, 6.45) is 6.21. The number of nitrogens with two attached hydrogens (primary N) is 1. The molecule has 2 aromatic rings. The van der Waals surface area contributed by atoms with Crippen LogP contribution in [0.25, 0.3) is 5.65 Å². The number of hydrogen-bond donors (Lipinski definition) is 2. The Morgan fingerprint density at radius 2 is 2.44 bits per heavy atom. The summed E-state index contributed by atoms with van der Waals surface area (Å²) in [7, 11) is 0. The van der Waals surface area contributed by atoms with Crippen molar-refractivity contribution in [2.75, 3.05) is 18.4 Å². The van der Waals surface area contributed by atoms with Crippen LogP contribution >= 0.6 is 0 Å². The molecule has 1 unspecified atom stereocenters. The van der Waals surface area contributed by atoms with E-state index in [0.717, 1.165) is 24.4 Å². The van der Waals surface area contributed by atoms with Crippen molar-refractivity contribution in [3.63, 3.8) is 0 Å². The van der Waals surface area contributed by atoms with Gasteiger partial charge in [-0.05, 0) is 18.9 Å². The summed E-state index contributed by atoms with van der Waals surface area (Å²) in [6.45, 7) is 3.71. The van der Waals surface area contributed by atoms with E-state index in [0.29, 0.717) is 12.5 Å². The van der Waals surface area contributed by atoms with Gasteiger partial charge in [0.25, 0.3) is 0 Å². The third kappa shape index (κ3) is 2.27. The van der Waals surface area contributed by atoms with E-state index in [9.17, 15) is 0 Å². The van der Waals surface area contributed by atoms with Gasteiger partial charge in [-0.1, -0.05) is 6.92 Å². The van der Waals surface area contributed by atoms with E-state index in [-0.39, 0.29) is 0 Å². The maximum Gasteiger partial charge on any atom is 0.203 e. The molecule has 3 N–H and O–H groups in total. The highest BCUT2D eigenvalue weighted by Gasteiger charge is 2.06. The molecule has 0 saturated heterocycles. The molecule has 0 bridgehead atoms. The van der Waals surface area contributed by atoms with Crippen LogP contribution in [0.2, 0.25) is 0 Å². The molecule has 0 fully saturated rings. The second-order valence-corrected chi connectivity index (χ2v) is 3.90. The highest BCUT2D eigenvalue weighted by molar-refractivity contribution is 5.61. The molecule has 6 heteroatoms. The molecule has 0 saturated carbocycles. The number of aromatic nitrogens is 4. The third-order valence-corrected chi connectivity index (χ3v) is 2.49. The van der Waals surface area contributed by atoms with Crippen LogP contribution in [-0.4, -0.2) is 32.7 Å². The van der Waals surface area contributed by atoms with E-state index in [1.807, 2.05) is 10.6 Å². The maximum absolute atomic E-state index is 5.50. The van der Waals surface area contributed by atoms with Crippen molar-refractivity contribution >= 4 is 11.5 Å².